The van der Waals surface area contributed by atoms with Crippen LogP contribution in [0.2, 0.25) is 0 Å². The molecule has 2 aromatic rings. The average molecular weight is 389 g/mol. The molecule has 7 heteroatoms. The number of carbonyl (C=O) groups is 1. The summed E-state index contributed by atoms with van der Waals surface area (Å²) in [5.74, 6) is 0.112. The smallest absolute Gasteiger partial charge is 0.407 e. The highest BCUT2D eigenvalue weighted by molar-refractivity contribution is 5.67. The third-order valence-electron chi connectivity index (χ3n) is 3.78. The summed E-state index contributed by atoms with van der Waals surface area (Å²) in [4.78, 5) is 11.7. The zero-order valence-corrected chi connectivity index (χ0v) is 16.3. The van der Waals surface area contributed by atoms with Crippen LogP contribution in [0.1, 0.15) is 38.0 Å². The predicted molar refractivity (Wildman–Crippen MR) is 104 cm³/mol. The molecule has 1 amide bonds. The second-order valence-corrected chi connectivity index (χ2v) is 7.40. The fourth-order valence-electron chi connectivity index (χ4n) is 2.40. The Kier molecular flexibility index (Phi) is 7.25. The van der Waals surface area contributed by atoms with Gasteiger partial charge in [0.05, 0.1) is 0 Å². The Morgan fingerprint density at radius 2 is 1.79 bits per heavy atom. The van der Waals surface area contributed by atoms with Crippen LogP contribution in [-0.2, 0) is 11.3 Å². The fourth-order valence-corrected chi connectivity index (χ4v) is 2.40. The number of amides is 1. The summed E-state index contributed by atoms with van der Waals surface area (Å²) in [6.45, 7) is 5.23. The van der Waals surface area contributed by atoms with E-state index in [0.29, 0.717) is 5.56 Å². The summed E-state index contributed by atoms with van der Waals surface area (Å²) in [7, 11) is 0. The average Bonchev–Trinajstić information content (AvgIpc) is 2.64. The van der Waals surface area contributed by atoms with Gasteiger partial charge >= 0.3 is 6.09 Å². The summed E-state index contributed by atoms with van der Waals surface area (Å²) < 4.78 is 10.7. The molecule has 2 aromatic carbocycles. The Hall–Kier alpha value is -2.77. The van der Waals surface area contributed by atoms with Crippen molar-refractivity contribution in [1.82, 2.24) is 5.32 Å². The molecule has 0 spiro atoms. The third kappa shape index (κ3) is 6.75. The van der Waals surface area contributed by atoms with Gasteiger partial charge in [0.15, 0.2) is 11.5 Å². The number of phenolic OH excluding ortho intramolecular Hbond substituents is 1. The van der Waals surface area contributed by atoms with Crippen molar-refractivity contribution in [3.63, 3.8) is 0 Å². The van der Waals surface area contributed by atoms with Crippen LogP contribution >= 0.6 is 0 Å². The first-order valence-electron chi connectivity index (χ1n) is 8.98. The molecule has 0 saturated heterocycles. The molecule has 7 nitrogen and oxygen atoms in total. The number of nitrogens with one attached hydrogen (secondary N) is 1. The molecule has 0 radical (unpaired) electrons. The van der Waals surface area contributed by atoms with E-state index in [-0.39, 0.29) is 24.7 Å². The van der Waals surface area contributed by atoms with Gasteiger partial charge in [0.25, 0.3) is 0 Å². The Balaban J connectivity index is 1.96. The highest BCUT2D eigenvalue weighted by atomic mass is 16.6. The predicted octanol–water partition coefficient (Wildman–Crippen LogP) is 2.89. The molecule has 0 bridgehead atoms. The van der Waals surface area contributed by atoms with Crippen LogP contribution in [0.4, 0.5) is 4.79 Å². The number of phenols is 1. The van der Waals surface area contributed by atoms with Gasteiger partial charge in [0.1, 0.15) is 24.4 Å². The maximum absolute atomic E-state index is 11.7. The lowest BCUT2D eigenvalue weighted by Crippen LogP contribution is -2.38. The number of hydrogen-bond acceptors (Lipinski definition) is 6. The van der Waals surface area contributed by atoms with Crippen LogP contribution in [0.5, 0.6) is 11.5 Å². The maximum atomic E-state index is 11.7. The van der Waals surface area contributed by atoms with E-state index < -0.39 is 23.9 Å². The van der Waals surface area contributed by atoms with Crippen LogP contribution in [0.15, 0.2) is 48.5 Å². The zero-order chi connectivity index (χ0) is 20.7. The van der Waals surface area contributed by atoms with Crippen molar-refractivity contribution >= 4 is 6.09 Å². The monoisotopic (exact) mass is 389 g/mol. The second-order valence-electron chi connectivity index (χ2n) is 7.40. The third-order valence-corrected chi connectivity index (χ3v) is 3.78. The van der Waals surface area contributed by atoms with E-state index in [2.05, 4.69) is 5.32 Å². The quantitative estimate of drug-likeness (QED) is 0.580. The van der Waals surface area contributed by atoms with Crippen molar-refractivity contribution in [3.05, 3.63) is 59.7 Å². The number of aliphatic hydroxyl groups excluding tert-OH is 2. The number of benzene rings is 2. The lowest BCUT2D eigenvalue weighted by Gasteiger charge is -2.22. The maximum Gasteiger partial charge on any atom is 0.407 e. The first kappa shape index (κ1) is 21.5. The Labute approximate surface area is 164 Å². The first-order chi connectivity index (χ1) is 13.2. The molecule has 0 aliphatic rings. The van der Waals surface area contributed by atoms with Crippen LogP contribution in [0.25, 0.3) is 0 Å². The van der Waals surface area contributed by atoms with Crippen LogP contribution < -0.4 is 10.1 Å². The van der Waals surface area contributed by atoms with Gasteiger partial charge in [-0.05, 0) is 44.0 Å². The van der Waals surface area contributed by atoms with Gasteiger partial charge in [-0.1, -0.05) is 36.4 Å². The van der Waals surface area contributed by atoms with Gasteiger partial charge < -0.3 is 30.1 Å². The lowest BCUT2D eigenvalue weighted by molar-refractivity contribution is 0.0128. The summed E-state index contributed by atoms with van der Waals surface area (Å²) in [6.07, 6.45) is -3.23. The minimum atomic E-state index is -1.28. The normalized spacial score (nSPS) is 13.5. The molecule has 2 unspecified atom stereocenters. The highest BCUT2D eigenvalue weighted by Gasteiger charge is 2.22. The molecule has 28 heavy (non-hydrogen) atoms. The van der Waals surface area contributed by atoms with Gasteiger partial charge in [-0.15, -0.1) is 0 Å². The number of rotatable bonds is 7. The van der Waals surface area contributed by atoms with Crippen LogP contribution in [0.3, 0.4) is 0 Å². The summed E-state index contributed by atoms with van der Waals surface area (Å²) >= 11 is 0. The summed E-state index contributed by atoms with van der Waals surface area (Å²) in [5.41, 5.74) is 0.615. The van der Waals surface area contributed by atoms with Gasteiger partial charge in [-0.2, -0.15) is 0 Å². The molecule has 0 fully saturated rings. The number of ether oxygens (including phenoxy) is 2. The minimum absolute atomic E-state index is 0.0757. The number of aromatic hydroxyl groups is 1. The first-order valence-corrected chi connectivity index (χ1v) is 8.98. The molecule has 0 saturated carbocycles. The number of alkyl carbamates (subject to hydrolysis) is 1. The van der Waals surface area contributed by atoms with E-state index in [0.717, 1.165) is 5.56 Å². The van der Waals surface area contributed by atoms with E-state index in [4.69, 9.17) is 9.47 Å². The molecule has 0 heterocycles. The van der Waals surface area contributed by atoms with Crippen molar-refractivity contribution in [2.45, 2.75) is 45.2 Å². The second kappa shape index (κ2) is 9.43. The molecule has 0 aliphatic heterocycles. The zero-order valence-electron chi connectivity index (χ0n) is 16.3. The summed E-state index contributed by atoms with van der Waals surface area (Å²) in [5, 5.41) is 32.9. The van der Waals surface area contributed by atoms with E-state index in [9.17, 15) is 20.1 Å². The topological polar surface area (TPSA) is 108 Å². The van der Waals surface area contributed by atoms with E-state index in [1.807, 2.05) is 30.3 Å². The van der Waals surface area contributed by atoms with Gasteiger partial charge in [-0.3, -0.25) is 0 Å². The Bertz CT molecular complexity index is 772. The van der Waals surface area contributed by atoms with Crippen molar-refractivity contribution in [3.8, 4) is 11.5 Å². The molecule has 0 aromatic heterocycles. The molecule has 2 atom stereocenters. The van der Waals surface area contributed by atoms with Crippen molar-refractivity contribution < 1.29 is 29.6 Å². The molecule has 2 rings (SSSR count). The lowest BCUT2D eigenvalue weighted by atomic mass is 10.0. The van der Waals surface area contributed by atoms with Crippen LogP contribution in [-0.4, -0.2) is 39.7 Å². The highest BCUT2D eigenvalue weighted by Crippen LogP contribution is 2.31. The van der Waals surface area contributed by atoms with Crippen molar-refractivity contribution in [1.29, 1.82) is 0 Å². The standard InChI is InChI=1S/C21H27NO6/c1-21(2,3)28-20(26)22-12-17(24)19(25)15-9-10-16(23)18(11-15)27-13-14-7-5-4-6-8-14/h4-11,17,19,23-25H,12-13H2,1-3H3,(H,22,26). The largest absolute Gasteiger partial charge is 0.504 e. The van der Waals surface area contributed by atoms with Gasteiger partial charge in [0.2, 0.25) is 0 Å². The molecule has 152 valence electrons. The Morgan fingerprint density at radius 1 is 1.11 bits per heavy atom. The number of carbonyl (C=O) groups excluding carboxylic acids is 1. The molecular formula is C21H27NO6. The minimum Gasteiger partial charge on any atom is -0.504 e. The van der Waals surface area contributed by atoms with Crippen molar-refractivity contribution in [2.24, 2.45) is 0 Å². The van der Waals surface area contributed by atoms with Crippen molar-refractivity contribution in [2.75, 3.05) is 6.54 Å². The molecular weight excluding hydrogens is 362 g/mol. The van der Waals surface area contributed by atoms with E-state index in [1.54, 1.807) is 20.8 Å². The van der Waals surface area contributed by atoms with Gasteiger partial charge in [0, 0.05) is 6.54 Å². The van der Waals surface area contributed by atoms with Crippen LogP contribution in [0, 0.1) is 0 Å². The Morgan fingerprint density at radius 3 is 2.43 bits per heavy atom. The SMILES string of the molecule is CC(C)(C)OC(=O)NCC(O)C(O)c1ccc(O)c(OCc2ccccc2)c1. The molecule has 0 aliphatic carbocycles. The number of hydrogen-bond donors (Lipinski definition) is 4. The van der Waals surface area contributed by atoms with E-state index >= 15 is 0 Å². The summed E-state index contributed by atoms with van der Waals surface area (Å²) in [6, 6.07) is 13.8. The molecule has 4 N–H and O–H groups in total. The van der Waals surface area contributed by atoms with Gasteiger partial charge in [-0.25, -0.2) is 4.79 Å². The van der Waals surface area contributed by atoms with E-state index in [1.165, 1.54) is 18.2 Å². The number of aliphatic hydroxyl groups is 2. The fraction of sp³-hybridized carbons (Fsp3) is 0.381.